The molecule has 0 aromatic carbocycles. The molecule has 0 bridgehead atoms. The monoisotopic (exact) mass is 359 g/mol. The van der Waals surface area contributed by atoms with Crippen LogP contribution in [0.15, 0.2) is 18.6 Å². The molecule has 0 unspecified atom stereocenters. The lowest BCUT2D eigenvalue weighted by Gasteiger charge is -2.35. The van der Waals surface area contributed by atoms with E-state index < -0.39 is 0 Å². The van der Waals surface area contributed by atoms with Crippen LogP contribution in [0.2, 0.25) is 0 Å². The molecule has 26 heavy (non-hydrogen) atoms. The third kappa shape index (κ3) is 3.88. The van der Waals surface area contributed by atoms with Gasteiger partial charge in [0.15, 0.2) is 5.65 Å². The zero-order valence-corrected chi connectivity index (χ0v) is 15.8. The largest absolute Gasteiger partial charge is 0.396 e. The van der Waals surface area contributed by atoms with Gasteiger partial charge in [0, 0.05) is 43.7 Å². The van der Waals surface area contributed by atoms with Crippen LogP contribution in [0.4, 0.5) is 0 Å². The average molecular weight is 359 g/mol. The Morgan fingerprint density at radius 1 is 1.31 bits per heavy atom. The fraction of sp³-hybridized carbons (Fsp3) is 0.632. The Labute approximate surface area is 154 Å². The first kappa shape index (κ1) is 18.8. The molecule has 1 aliphatic rings. The third-order valence-corrected chi connectivity index (χ3v) is 5.29. The standard InChI is InChI=1S/C19H29N5O2/c1-3-22(4-2)13-15-11-20-18-17(12-21-24(18)14-15)19(26)23-9-6-5-7-16(23)8-10-25/h11-12,14,16,25H,3-10,13H2,1-2H3/t16-/m0/s1. The van der Waals surface area contributed by atoms with Crippen molar-refractivity contribution < 1.29 is 9.90 Å². The maximum absolute atomic E-state index is 13.1. The van der Waals surface area contributed by atoms with Crippen molar-refractivity contribution in [2.75, 3.05) is 26.2 Å². The van der Waals surface area contributed by atoms with Crippen LogP contribution in [0, 0.1) is 0 Å². The summed E-state index contributed by atoms with van der Waals surface area (Å²) in [5.74, 6) is -0.0258. The molecule has 142 valence electrons. The minimum Gasteiger partial charge on any atom is -0.396 e. The number of amides is 1. The van der Waals surface area contributed by atoms with Crippen LogP contribution in [0.3, 0.4) is 0 Å². The van der Waals surface area contributed by atoms with E-state index >= 15 is 0 Å². The number of carbonyl (C=O) groups excluding carboxylic acids is 1. The Bertz CT molecular complexity index is 739. The van der Waals surface area contributed by atoms with Crippen LogP contribution in [-0.4, -0.2) is 67.7 Å². The lowest BCUT2D eigenvalue weighted by Crippen LogP contribution is -2.44. The molecule has 1 N–H and O–H groups in total. The SMILES string of the molecule is CCN(CC)Cc1cnc2c(C(=O)N3CCCC[C@H]3CCO)cnn2c1. The Morgan fingerprint density at radius 3 is 2.85 bits per heavy atom. The van der Waals surface area contributed by atoms with E-state index in [1.54, 1.807) is 10.7 Å². The number of carbonyl (C=O) groups is 1. The van der Waals surface area contributed by atoms with Gasteiger partial charge < -0.3 is 10.0 Å². The number of aliphatic hydroxyl groups excluding tert-OH is 1. The normalized spacial score (nSPS) is 18.0. The second kappa shape index (κ2) is 8.60. The van der Waals surface area contributed by atoms with Crippen molar-refractivity contribution >= 4 is 11.6 Å². The van der Waals surface area contributed by atoms with Gasteiger partial charge in [0.25, 0.3) is 5.91 Å². The summed E-state index contributed by atoms with van der Waals surface area (Å²) in [7, 11) is 0. The summed E-state index contributed by atoms with van der Waals surface area (Å²) in [5, 5.41) is 13.7. The topological polar surface area (TPSA) is 74.0 Å². The van der Waals surface area contributed by atoms with Crippen LogP contribution in [0.5, 0.6) is 0 Å². The average Bonchev–Trinajstić information content (AvgIpc) is 3.09. The molecule has 1 saturated heterocycles. The van der Waals surface area contributed by atoms with Crippen molar-refractivity contribution in [1.82, 2.24) is 24.4 Å². The van der Waals surface area contributed by atoms with Crippen LogP contribution in [-0.2, 0) is 6.54 Å². The summed E-state index contributed by atoms with van der Waals surface area (Å²) in [5.41, 5.74) is 2.23. The first-order valence-corrected chi connectivity index (χ1v) is 9.64. The molecule has 2 aromatic heterocycles. The van der Waals surface area contributed by atoms with Crippen molar-refractivity contribution in [3.63, 3.8) is 0 Å². The highest BCUT2D eigenvalue weighted by Crippen LogP contribution is 2.23. The van der Waals surface area contributed by atoms with Gasteiger partial charge in [-0.05, 0) is 38.8 Å². The first-order valence-electron chi connectivity index (χ1n) is 9.64. The zero-order chi connectivity index (χ0) is 18.5. The van der Waals surface area contributed by atoms with Crippen LogP contribution in [0.1, 0.15) is 55.5 Å². The van der Waals surface area contributed by atoms with Gasteiger partial charge in [0.05, 0.1) is 6.20 Å². The van der Waals surface area contributed by atoms with E-state index in [1.807, 2.05) is 17.3 Å². The molecule has 0 aliphatic carbocycles. The fourth-order valence-electron chi connectivity index (χ4n) is 3.72. The Balaban J connectivity index is 1.82. The van der Waals surface area contributed by atoms with Crippen molar-refractivity contribution in [2.24, 2.45) is 0 Å². The predicted octanol–water partition coefficient (Wildman–Crippen LogP) is 1.95. The van der Waals surface area contributed by atoms with E-state index in [2.05, 4.69) is 28.8 Å². The van der Waals surface area contributed by atoms with Crippen LogP contribution < -0.4 is 0 Å². The number of nitrogens with zero attached hydrogens (tertiary/aromatic N) is 5. The lowest BCUT2D eigenvalue weighted by molar-refractivity contribution is 0.0576. The molecule has 0 saturated carbocycles. The van der Waals surface area contributed by atoms with E-state index in [4.69, 9.17) is 0 Å². The number of aliphatic hydroxyl groups is 1. The Hall–Kier alpha value is -1.99. The predicted molar refractivity (Wildman–Crippen MR) is 100.0 cm³/mol. The van der Waals surface area contributed by atoms with Gasteiger partial charge in [-0.2, -0.15) is 5.10 Å². The van der Waals surface area contributed by atoms with Gasteiger partial charge in [-0.1, -0.05) is 13.8 Å². The van der Waals surface area contributed by atoms with Crippen LogP contribution in [0.25, 0.3) is 5.65 Å². The highest BCUT2D eigenvalue weighted by Gasteiger charge is 2.29. The molecule has 7 nitrogen and oxygen atoms in total. The van der Waals surface area contributed by atoms with E-state index in [0.717, 1.165) is 51.0 Å². The fourth-order valence-corrected chi connectivity index (χ4v) is 3.72. The minimum atomic E-state index is -0.0258. The molecule has 1 fully saturated rings. The minimum absolute atomic E-state index is 0.0258. The van der Waals surface area contributed by atoms with E-state index in [9.17, 15) is 9.90 Å². The smallest absolute Gasteiger partial charge is 0.259 e. The second-order valence-corrected chi connectivity index (χ2v) is 6.91. The molecule has 0 radical (unpaired) electrons. The van der Waals surface area contributed by atoms with Crippen molar-refractivity contribution in [3.8, 4) is 0 Å². The maximum Gasteiger partial charge on any atom is 0.259 e. The second-order valence-electron chi connectivity index (χ2n) is 6.91. The number of hydrogen-bond donors (Lipinski definition) is 1. The van der Waals surface area contributed by atoms with Gasteiger partial charge in [-0.3, -0.25) is 9.69 Å². The summed E-state index contributed by atoms with van der Waals surface area (Å²) in [6.07, 6.45) is 9.12. The van der Waals surface area contributed by atoms with Gasteiger partial charge in [0.2, 0.25) is 0 Å². The molecule has 1 aliphatic heterocycles. The van der Waals surface area contributed by atoms with E-state index in [1.165, 1.54) is 0 Å². The van der Waals surface area contributed by atoms with Gasteiger partial charge >= 0.3 is 0 Å². The molecule has 0 spiro atoms. The molecule has 3 rings (SSSR count). The first-order chi connectivity index (χ1) is 12.7. The zero-order valence-electron chi connectivity index (χ0n) is 15.8. The summed E-state index contributed by atoms with van der Waals surface area (Å²) < 4.78 is 1.71. The third-order valence-electron chi connectivity index (χ3n) is 5.29. The summed E-state index contributed by atoms with van der Waals surface area (Å²) in [6, 6.07) is 0.109. The van der Waals surface area contributed by atoms with E-state index in [-0.39, 0.29) is 18.6 Å². The highest BCUT2D eigenvalue weighted by molar-refractivity contribution is 5.99. The van der Waals surface area contributed by atoms with Gasteiger partial charge in [-0.25, -0.2) is 9.50 Å². The van der Waals surface area contributed by atoms with Crippen molar-refractivity contribution in [1.29, 1.82) is 0 Å². The van der Waals surface area contributed by atoms with Gasteiger partial charge in [0.1, 0.15) is 5.56 Å². The number of piperidine rings is 1. The van der Waals surface area contributed by atoms with E-state index in [0.29, 0.717) is 17.6 Å². The molecule has 1 amide bonds. The van der Waals surface area contributed by atoms with Crippen molar-refractivity contribution in [2.45, 2.75) is 52.1 Å². The summed E-state index contributed by atoms with van der Waals surface area (Å²) >= 11 is 0. The molecular weight excluding hydrogens is 330 g/mol. The Morgan fingerprint density at radius 2 is 2.12 bits per heavy atom. The summed E-state index contributed by atoms with van der Waals surface area (Å²) in [6.45, 7) is 7.92. The molecule has 3 heterocycles. The van der Waals surface area contributed by atoms with Crippen LogP contribution >= 0.6 is 0 Å². The highest BCUT2D eigenvalue weighted by atomic mass is 16.3. The molecule has 7 heteroatoms. The van der Waals surface area contributed by atoms with Crippen molar-refractivity contribution in [3.05, 3.63) is 29.7 Å². The Kier molecular flexibility index (Phi) is 6.21. The summed E-state index contributed by atoms with van der Waals surface area (Å²) in [4.78, 5) is 21.8. The number of likely N-dealkylation sites (tertiary alicyclic amines) is 1. The number of hydrogen-bond acceptors (Lipinski definition) is 5. The van der Waals surface area contributed by atoms with Gasteiger partial charge in [-0.15, -0.1) is 0 Å². The molecular formula is C19H29N5O2. The number of aromatic nitrogens is 3. The molecule has 2 aromatic rings. The quantitative estimate of drug-likeness (QED) is 0.818. The maximum atomic E-state index is 13.1. The number of fused-ring (bicyclic) bond motifs is 1. The number of rotatable bonds is 7. The lowest BCUT2D eigenvalue weighted by atomic mass is 9.99. The molecule has 1 atom stereocenters.